The average Bonchev–Trinajstić information content (AvgIpc) is 2.82. The standard InChI is InChI=1S/C14H26N2O2/c1-3-14(2,9-17)16-13(18)12-8-10-6-4-5-7-11(10)15-12/h10-12,15,17H,3-9H2,1-2H3,(H,16,18). The van der Waals surface area contributed by atoms with Gasteiger partial charge in [0.25, 0.3) is 0 Å². The van der Waals surface area contributed by atoms with E-state index in [1.165, 1.54) is 25.7 Å². The highest BCUT2D eigenvalue weighted by molar-refractivity contribution is 5.82. The normalized spacial score (nSPS) is 34.7. The lowest BCUT2D eigenvalue weighted by Gasteiger charge is -2.29. The van der Waals surface area contributed by atoms with Crippen molar-refractivity contribution in [3.05, 3.63) is 0 Å². The number of carbonyl (C=O) groups excluding carboxylic acids is 1. The molecule has 4 atom stereocenters. The first-order valence-corrected chi connectivity index (χ1v) is 7.27. The third-order valence-electron chi connectivity index (χ3n) is 4.73. The van der Waals surface area contributed by atoms with Gasteiger partial charge >= 0.3 is 0 Å². The average molecular weight is 254 g/mol. The van der Waals surface area contributed by atoms with Gasteiger partial charge in [-0.15, -0.1) is 0 Å². The molecule has 2 rings (SSSR count). The maximum absolute atomic E-state index is 12.2. The molecule has 3 N–H and O–H groups in total. The van der Waals surface area contributed by atoms with E-state index in [1.54, 1.807) is 0 Å². The van der Waals surface area contributed by atoms with E-state index in [1.807, 2.05) is 13.8 Å². The maximum atomic E-state index is 12.2. The second-order valence-electron chi connectivity index (χ2n) is 6.17. The number of nitrogens with one attached hydrogen (secondary N) is 2. The van der Waals surface area contributed by atoms with Crippen molar-refractivity contribution in [2.75, 3.05) is 6.61 Å². The van der Waals surface area contributed by atoms with Crippen molar-refractivity contribution >= 4 is 5.91 Å². The molecule has 4 nitrogen and oxygen atoms in total. The fraction of sp³-hybridized carbons (Fsp3) is 0.929. The van der Waals surface area contributed by atoms with E-state index in [-0.39, 0.29) is 18.6 Å². The van der Waals surface area contributed by atoms with Gasteiger partial charge in [-0.25, -0.2) is 0 Å². The number of rotatable bonds is 4. The Morgan fingerprint density at radius 2 is 2.17 bits per heavy atom. The molecule has 0 spiro atoms. The number of hydrogen-bond acceptors (Lipinski definition) is 3. The first-order chi connectivity index (χ1) is 8.58. The van der Waals surface area contributed by atoms with Crippen molar-refractivity contribution in [2.24, 2.45) is 5.92 Å². The second-order valence-corrected chi connectivity index (χ2v) is 6.17. The van der Waals surface area contributed by atoms with E-state index in [0.29, 0.717) is 12.0 Å². The molecular weight excluding hydrogens is 228 g/mol. The number of carbonyl (C=O) groups is 1. The highest BCUT2D eigenvalue weighted by atomic mass is 16.3. The van der Waals surface area contributed by atoms with Crippen LogP contribution in [-0.4, -0.2) is 35.2 Å². The molecule has 1 saturated carbocycles. The van der Waals surface area contributed by atoms with E-state index in [4.69, 9.17) is 0 Å². The van der Waals surface area contributed by atoms with Gasteiger partial charge in [-0.1, -0.05) is 19.8 Å². The fourth-order valence-corrected chi connectivity index (χ4v) is 3.15. The summed E-state index contributed by atoms with van der Waals surface area (Å²) in [5, 5.41) is 15.8. The van der Waals surface area contributed by atoms with E-state index >= 15 is 0 Å². The van der Waals surface area contributed by atoms with Crippen LogP contribution in [0, 0.1) is 5.92 Å². The fourth-order valence-electron chi connectivity index (χ4n) is 3.15. The summed E-state index contributed by atoms with van der Waals surface area (Å²) in [6.07, 6.45) is 6.76. The van der Waals surface area contributed by atoms with Crippen LogP contribution in [0.2, 0.25) is 0 Å². The molecule has 2 fully saturated rings. The predicted molar refractivity (Wildman–Crippen MR) is 71.2 cm³/mol. The number of aliphatic hydroxyl groups excluding tert-OH is 1. The Balaban J connectivity index is 1.90. The van der Waals surface area contributed by atoms with Crippen molar-refractivity contribution in [1.82, 2.24) is 10.6 Å². The molecule has 1 heterocycles. The summed E-state index contributed by atoms with van der Waals surface area (Å²) in [5.41, 5.74) is -0.480. The lowest BCUT2D eigenvalue weighted by molar-refractivity contribution is -0.125. The third-order valence-corrected chi connectivity index (χ3v) is 4.73. The van der Waals surface area contributed by atoms with Gasteiger partial charge in [0, 0.05) is 6.04 Å². The van der Waals surface area contributed by atoms with Crippen LogP contribution in [0.1, 0.15) is 52.4 Å². The quantitative estimate of drug-likeness (QED) is 0.706. The second kappa shape index (κ2) is 5.57. The molecule has 18 heavy (non-hydrogen) atoms. The summed E-state index contributed by atoms with van der Waals surface area (Å²) in [6, 6.07) is 0.479. The molecule has 1 aliphatic heterocycles. The Hall–Kier alpha value is -0.610. The van der Waals surface area contributed by atoms with E-state index in [9.17, 15) is 9.90 Å². The SMILES string of the molecule is CCC(C)(CO)NC(=O)C1CC2CCCCC2N1. The number of fused-ring (bicyclic) bond motifs is 1. The van der Waals surface area contributed by atoms with Crippen LogP contribution in [0.5, 0.6) is 0 Å². The van der Waals surface area contributed by atoms with Gasteiger partial charge in [0.05, 0.1) is 18.2 Å². The number of amides is 1. The zero-order chi connectivity index (χ0) is 13.2. The van der Waals surface area contributed by atoms with E-state index < -0.39 is 5.54 Å². The minimum Gasteiger partial charge on any atom is -0.394 e. The first-order valence-electron chi connectivity index (χ1n) is 7.27. The molecular formula is C14H26N2O2. The summed E-state index contributed by atoms with van der Waals surface area (Å²) in [6.45, 7) is 3.88. The minimum atomic E-state index is -0.480. The Morgan fingerprint density at radius 3 is 2.78 bits per heavy atom. The van der Waals surface area contributed by atoms with Gasteiger partial charge < -0.3 is 15.7 Å². The monoisotopic (exact) mass is 254 g/mol. The summed E-state index contributed by atoms with van der Waals surface area (Å²) >= 11 is 0. The smallest absolute Gasteiger partial charge is 0.237 e. The minimum absolute atomic E-state index is 0.00514. The van der Waals surface area contributed by atoms with Gasteiger partial charge in [0.2, 0.25) is 5.91 Å². The van der Waals surface area contributed by atoms with Crippen LogP contribution in [-0.2, 0) is 4.79 Å². The Bertz CT molecular complexity index is 288. The molecule has 0 radical (unpaired) electrons. The zero-order valence-corrected chi connectivity index (χ0v) is 11.5. The van der Waals surface area contributed by atoms with Crippen molar-refractivity contribution in [2.45, 2.75) is 70.0 Å². The molecule has 0 aromatic heterocycles. The van der Waals surface area contributed by atoms with Gasteiger partial charge in [-0.05, 0) is 38.5 Å². The molecule has 0 bridgehead atoms. The lowest BCUT2D eigenvalue weighted by atomic mass is 9.85. The largest absolute Gasteiger partial charge is 0.394 e. The molecule has 1 saturated heterocycles. The molecule has 104 valence electrons. The Morgan fingerprint density at radius 1 is 1.44 bits per heavy atom. The van der Waals surface area contributed by atoms with Crippen LogP contribution in [0.4, 0.5) is 0 Å². The maximum Gasteiger partial charge on any atom is 0.237 e. The molecule has 1 aliphatic carbocycles. The summed E-state index contributed by atoms with van der Waals surface area (Å²) in [4.78, 5) is 12.2. The Labute approximate surface area is 110 Å². The van der Waals surface area contributed by atoms with Crippen molar-refractivity contribution in [3.63, 3.8) is 0 Å². The van der Waals surface area contributed by atoms with Gasteiger partial charge in [-0.2, -0.15) is 0 Å². The molecule has 4 unspecified atom stereocenters. The lowest BCUT2D eigenvalue weighted by Crippen LogP contribution is -2.54. The van der Waals surface area contributed by atoms with Crippen molar-refractivity contribution in [3.8, 4) is 0 Å². The Kier molecular flexibility index (Phi) is 4.28. The van der Waals surface area contributed by atoms with Crippen LogP contribution in [0.15, 0.2) is 0 Å². The highest BCUT2D eigenvalue weighted by Crippen LogP contribution is 2.33. The predicted octanol–water partition coefficient (Wildman–Crippen LogP) is 1.18. The number of hydrogen-bond donors (Lipinski definition) is 3. The van der Waals surface area contributed by atoms with Crippen LogP contribution in [0.3, 0.4) is 0 Å². The molecule has 0 aromatic rings. The molecule has 0 aromatic carbocycles. The zero-order valence-electron chi connectivity index (χ0n) is 11.5. The van der Waals surface area contributed by atoms with Gasteiger partial charge in [0.1, 0.15) is 0 Å². The highest BCUT2D eigenvalue weighted by Gasteiger charge is 2.39. The van der Waals surface area contributed by atoms with E-state index in [0.717, 1.165) is 12.8 Å². The molecule has 2 aliphatic rings. The van der Waals surface area contributed by atoms with Crippen LogP contribution in [0.25, 0.3) is 0 Å². The third kappa shape index (κ3) is 2.86. The van der Waals surface area contributed by atoms with Crippen LogP contribution < -0.4 is 10.6 Å². The van der Waals surface area contributed by atoms with Crippen molar-refractivity contribution < 1.29 is 9.90 Å². The number of aliphatic hydroxyl groups is 1. The van der Waals surface area contributed by atoms with Crippen molar-refractivity contribution in [1.29, 1.82) is 0 Å². The summed E-state index contributed by atoms with van der Waals surface area (Å²) < 4.78 is 0. The van der Waals surface area contributed by atoms with Gasteiger partial charge in [-0.3, -0.25) is 4.79 Å². The first kappa shape index (κ1) is 13.8. The van der Waals surface area contributed by atoms with E-state index in [2.05, 4.69) is 10.6 Å². The topological polar surface area (TPSA) is 61.4 Å². The van der Waals surface area contributed by atoms with Gasteiger partial charge in [0.15, 0.2) is 0 Å². The van der Waals surface area contributed by atoms with Crippen LogP contribution >= 0.6 is 0 Å². The summed E-state index contributed by atoms with van der Waals surface area (Å²) in [7, 11) is 0. The molecule has 4 heteroatoms. The molecule has 1 amide bonds. The summed E-state index contributed by atoms with van der Waals surface area (Å²) in [5.74, 6) is 0.735.